The van der Waals surface area contributed by atoms with Crippen LogP contribution in [0.2, 0.25) is 0 Å². The fraction of sp³-hybridized carbons (Fsp3) is 0.267. The molecule has 0 aromatic carbocycles. The Kier molecular flexibility index (Phi) is 4.47. The van der Waals surface area contributed by atoms with Crippen LogP contribution in [0.3, 0.4) is 0 Å². The number of rotatable bonds is 6. The minimum absolute atomic E-state index is 0.793. The smallest absolute Gasteiger partial charge is 0.138 e. The molecule has 3 rings (SSSR count). The quantitative estimate of drug-likeness (QED) is 0.709. The normalized spacial score (nSPS) is 11.1. The largest absolute Gasteiger partial charge is 0.311 e. The van der Waals surface area contributed by atoms with Crippen LogP contribution in [0, 0.1) is 0 Å². The van der Waals surface area contributed by atoms with Gasteiger partial charge in [0.25, 0.3) is 0 Å². The first-order valence-corrected chi connectivity index (χ1v) is 7.80. The molecule has 0 radical (unpaired) electrons. The number of fused-ring (bicyclic) bond motifs is 1. The molecule has 0 saturated heterocycles. The fourth-order valence-electron chi connectivity index (χ4n) is 2.09. The molecule has 0 spiro atoms. The third kappa shape index (κ3) is 3.22. The van der Waals surface area contributed by atoms with Crippen LogP contribution in [0.1, 0.15) is 19.0 Å². The van der Waals surface area contributed by atoms with Crippen molar-refractivity contribution in [3.8, 4) is 0 Å². The number of hydrogen-bond donors (Lipinski definition) is 1. The van der Waals surface area contributed by atoms with Gasteiger partial charge in [0.05, 0.1) is 11.9 Å². The average Bonchev–Trinajstić information content (AvgIpc) is 2.86. The number of imidazole rings is 1. The molecule has 0 bridgehead atoms. The van der Waals surface area contributed by atoms with Gasteiger partial charge in [-0.3, -0.25) is 4.98 Å². The van der Waals surface area contributed by atoms with E-state index in [9.17, 15) is 0 Å². The van der Waals surface area contributed by atoms with E-state index in [4.69, 9.17) is 4.98 Å². The molecule has 3 heterocycles. The lowest BCUT2D eigenvalue weighted by Gasteiger charge is -2.05. The number of hydrogen-bond acceptors (Lipinski definition) is 5. The van der Waals surface area contributed by atoms with E-state index in [0.29, 0.717) is 0 Å². The van der Waals surface area contributed by atoms with Crippen LogP contribution in [-0.2, 0) is 6.54 Å². The van der Waals surface area contributed by atoms with Crippen LogP contribution >= 0.6 is 11.8 Å². The Bertz CT molecular complexity index is 710. The van der Waals surface area contributed by atoms with Gasteiger partial charge < -0.3 is 9.72 Å². The molecule has 3 aromatic rings. The standard InChI is InChI=1S/C15H17N5S/c1-2-6-16-10-12-15(21-14-11-17-7-8-18-14)19-13-5-3-4-9-20(12)13/h3-5,7-9,11,16H,2,6,10H2,1H3. The van der Waals surface area contributed by atoms with Crippen LogP contribution in [0.5, 0.6) is 0 Å². The Balaban J connectivity index is 1.94. The van der Waals surface area contributed by atoms with E-state index < -0.39 is 0 Å². The lowest BCUT2D eigenvalue weighted by atomic mass is 10.4. The van der Waals surface area contributed by atoms with Crippen LogP contribution in [-0.4, -0.2) is 25.9 Å². The average molecular weight is 299 g/mol. The Hall–Kier alpha value is -1.92. The topological polar surface area (TPSA) is 55.1 Å². The monoisotopic (exact) mass is 299 g/mol. The van der Waals surface area contributed by atoms with Gasteiger partial charge in [-0.1, -0.05) is 13.0 Å². The van der Waals surface area contributed by atoms with Gasteiger partial charge in [-0.2, -0.15) is 0 Å². The fourth-order valence-corrected chi connectivity index (χ4v) is 2.94. The van der Waals surface area contributed by atoms with E-state index in [0.717, 1.165) is 40.9 Å². The first-order valence-electron chi connectivity index (χ1n) is 6.99. The molecule has 0 aliphatic rings. The SMILES string of the molecule is CCCNCc1c(Sc2cnccn2)nc2ccccn12. The van der Waals surface area contributed by atoms with Gasteiger partial charge in [-0.05, 0) is 36.9 Å². The molecular formula is C15H17N5S. The highest BCUT2D eigenvalue weighted by atomic mass is 32.2. The summed E-state index contributed by atoms with van der Waals surface area (Å²) in [6.07, 6.45) is 8.30. The van der Waals surface area contributed by atoms with E-state index in [1.807, 2.05) is 24.4 Å². The highest BCUT2D eigenvalue weighted by Gasteiger charge is 2.13. The van der Waals surface area contributed by atoms with Crippen molar-refractivity contribution in [2.24, 2.45) is 0 Å². The minimum atomic E-state index is 0.793. The zero-order valence-corrected chi connectivity index (χ0v) is 12.7. The second-order valence-electron chi connectivity index (χ2n) is 4.61. The number of nitrogens with zero attached hydrogens (tertiary/aromatic N) is 4. The summed E-state index contributed by atoms with van der Waals surface area (Å²) in [4.78, 5) is 13.1. The molecule has 108 valence electrons. The molecule has 0 fully saturated rings. The van der Waals surface area contributed by atoms with E-state index in [1.165, 1.54) is 0 Å². The highest BCUT2D eigenvalue weighted by Crippen LogP contribution is 2.28. The number of nitrogens with one attached hydrogen (secondary N) is 1. The van der Waals surface area contributed by atoms with Gasteiger partial charge in [-0.15, -0.1) is 0 Å². The highest BCUT2D eigenvalue weighted by molar-refractivity contribution is 7.99. The van der Waals surface area contributed by atoms with Crippen molar-refractivity contribution >= 4 is 17.4 Å². The zero-order chi connectivity index (χ0) is 14.5. The summed E-state index contributed by atoms with van der Waals surface area (Å²) >= 11 is 1.55. The van der Waals surface area contributed by atoms with Crippen LogP contribution in [0.4, 0.5) is 0 Å². The molecule has 5 nitrogen and oxygen atoms in total. The van der Waals surface area contributed by atoms with Crippen molar-refractivity contribution in [3.63, 3.8) is 0 Å². The summed E-state index contributed by atoms with van der Waals surface area (Å²) in [5.74, 6) is 0. The molecule has 0 atom stereocenters. The van der Waals surface area contributed by atoms with Gasteiger partial charge in [0, 0.05) is 25.1 Å². The van der Waals surface area contributed by atoms with Crippen molar-refractivity contribution in [3.05, 3.63) is 48.7 Å². The number of pyridine rings is 1. The molecule has 0 amide bonds. The van der Waals surface area contributed by atoms with Gasteiger partial charge in [0.1, 0.15) is 15.7 Å². The Morgan fingerprint density at radius 3 is 3.05 bits per heavy atom. The van der Waals surface area contributed by atoms with Crippen LogP contribution in [0.15, 0.2) is 53.0 Å². The van der Waals surface area contributed by atoms with E-state index in [-0.39, 0.29) is 0 Å². The van der Waals surface area contributed by atoms with Crippen molar-refractivity contribution in [1.29, 1.82) is 0 Å². The molecule has 3 aromatic heterocycles. The summed E-state index contributed by atoms with van der Waals surface area (Å²) in [6, 6.07) is 6.04. The Morgan fingerprint density at radius 1 is 1.29 bits per heavy atom. The summed E-state index contributed by atoms with van der Waals surface area (Å²) in [6.45, 7) is 3.95. The molecule has 0 unspecified atom stereocenters. The van der Waals surface area contributed by atoms with E-state index in [1.54, 1.807) is 30.4 Å². The Labute approximate surface area is 127 Å². The zero-order valence-electron chi connectivity index (χ0n) is 11.9. The lowest BCUT2D eigenvalue weighted by Crippen LogP contribution is -2.15. The first-order chi connectivity index (χ1) is 10.4. The molecule has 0 aliphatic carbocycles. The maximum absolute atomic E-state index is 4.70. The maximum atomic E-state index is 4.70. The van der Waals surface area contributed by atoms with Crippen LogP contribution in [0.25, 0.3) is 5.65 Å². The van der Waals surface area contributed by atoms with Crippen molar-refractivity contribution < 1.29 is 0 Å². The predicted octanol–water partition coefficient (Wildman–Crippen LogP) is 2.78. The van der Waals surface area contributed by atoms with E-state index >= 15 is 0 Å². The van der Waals surface area contributed by atoms with Gasteiger partial charge in [0.2, 0.25) is 0 Å². The maximum Gasteiger partial charge on any atom is 0.138 e. The van der Waals surface area contributed by atoms with Crippen molar-refractivity contribution in [2.45, 2.75) is 29.9 Å². The molecular weight excluding hydrogens is 282 g/mol. The van der Waals surface area contributed by atoms with Crippen molar-refractivity contribution in [1.82, 2.24) is 24.7 Å². The first kappa shape index (κ1) is 14.0. The third-order valence-corrected chi connectivity index (χ3v) is 3.99. The second-order valence-corrected chi connectivity index (χ2v) is 5.62. The van der Waals surface area contributed by atoms with Gasteiger partial charge in [-0.25, -0.2) is 9.97 Å². The molecule has 0 saturated carbocycles. The van der Waals surface area contributed by atoms with Crippen molar-refractivity contribution in [2.75, 3.05) is 6.54 Å². The molecule has 6 heteroatoms. The molecule has 1 N–H and O–H groups in total. The summed E-state index contributed by atoms with van der Waals surface area (Å²) < 4.78 is 2.13. The summed E-state index contributed by atoms with van der Waals surface area (Å²) in [5, 5.41) is 5.28. The summed E-state index contributed by atoms with van der Waals surface area (Å²) in [5.41, 5.74) is 2.12. The third-order valence-electron chi connectivity index (χ3n) is 3.05. The minimum Gasteiger partial charge on any atom is -0.311 e. The summed E-state index contributed by atoms with van der Waals surface area (Å²) in [7, 11) is 0. The predicted molar refractivity (Wildman–Crippen MR) is 83.3 cm³/mol. The van der Waals surface area contributed by atoms with Crippen LogP contribution < -0.4 is 5.32 Å². The number of aromatic nitrogens is 4. The lowest BCUT2D eigenvalue weighted by molar-refractivity contribution is 0.652. The molecule has 0 aliphatic heterocycles. The molecule has 21 heavy (non-hydrogen) atoms. The van der Waals surface area contributed by atoms with Gasteiger partial charge >= 0.3 is 0 Å². The van der Waals surface area contributed by atoms with E-state index in [2.05, 4.69) is 26.6 Å². The Morgan fingerprint density at radius 2 is 2.24 bits per heavy atom. The van der Waals surface area contributed by atoms with Gasteiger partial charge in [0.15, 0.2) is 0 Å². The second kappa shape index (κ2) is 6.69.